The second-order valence-electron chi connectivity index (χ2n) is 3.79. The molecule has 0 N–H and O–H groups in total. The van der Waals surface area contributed by atoms with Gasteiger partial charge in [-0.15, -0.1) is 11.6 Å². The van der Waals surface area contributed by atoms with Crippen LogP contribution in [0.1, 0.15) is 19.8 Å². The van der Waals surface area contributed by atoms with Gasteiger partial charge >= 0.3 is 0 Å². The van der Waals surface area contributed by atoms with Crippen LogP contribution in [0.4, 0.5) is 4.39 Å². The van der Waals surface area contributed by atoms with Gasteiger partial charge in [0.25, 0.3) is 0 Å². The molecule has 1 aromatic carbocycles. The van der Waals surface area contributed by atoms with Crippen LogP contribution in [-0.2, 0) is 0 Å². The average Bonchev–Trinajstić information content (AvgIpc) is 2.22. The van der Waals surface area contributed by atoms with E-state index in [2.05, 4.69) is 22.9 Å². The number of rotatable bonds is 6. The minimum absolute atomic E-state index is 0.269. The van der Waals surface area contributed by atoms with Gasteiger partial charge in [-0.2, -0.15) is 0 Å². The van der Waals surface area contributed by atoms with Crippen LogP contribution in [0.3, 0.4) is 0 Å². The number of hydrogen-bond acceptors (Lipinski definition) is 1. The van der Waals surface area contributed by atoms with Crippen LogP contribution in [0, 0.1) is 11.7 Å². The van der Waals surface area contributed by atoms with Gasteiger partial charge in [0.05, 0.1) is 11.1 Å². The summed E-state index contributed by atoms with van der Waals surface area (Å²) in [4.78, 5) is 0. The first-order valence-electron chi connectivity index (χ1n) is 5.27. The lowest BCUT2D eigenvalue weighted by Crippen LogP contribution is -2.05. The summed E-state index contributed by atoms with van der Waals surface area (Å²) in [6, 6.07) is 4.42. The predicted octanol–water partition coefficient (Wildman–Crippen LogP) is 4.62. The van der Waals surface area contributed by atoms with Crippen molar-refractivity contribution in [3.05, 3.63) is 28.5 Å². The van der Waals surface area contributed by atoms with E-state index in [1.807, 2.05) is 0 Å². The second kappa shape index (κ2) is 7.13. The molecule has 1 rings (SSSR count). The number of hydrogen-bond donors (Lipinski definition) is 0. The van der Waals surface area contributed by atoms with Crippen molar-refractivity contribution in [3.8, 4) is 5.75 Å². The highest BCUT2D eigenvalue weighted by Crippen LogP contribution is 2.25. The molecule has 0 radical (unpaired) electrons. The van der Waals surface area contributed by atoms with Crippen molar-refractivity contribution in [1.82, 2.24) is 0 Å². The van der Waals surface area contributed by atoms with Crippen molar-refractivity contribution in [3.63, 3.8) is 0 Å². The molecule has 4 heteroatoms. The Bertz CT molecular complexity index is 333. The maximum atomic E-state index is 12.8. The van der Waals surface area contributed by atoms with Crippen LogP contribution in [0.5, 0.6) is 5.75 Å². The fourth-order valence-corrected chi connectivity index (χ4v) is 2.13. The highest BCUT2D eigenvalue weighted by molar-refractivity contribution is 9.10. The normalized spacial score (nSPS) is 12.5. The number of ether oxygens (including phenoxy) is 1. The highest BCUT2D eigenvalue weighted by Gasteiger charge is 2.05. The molecule has 0 amide bonds. The third-order valence-corrected chi connectivity index (χ3v) is 3.20. The molecule has 0 spiro atoms. The zero-order valence-electron chi connectivity index (χ0n) is 9.18. The molecule has 0 aliphatic carbocycles. The monoisotopic (exact) mass is 308 g/mol. The highest BCUT2D eigenvalue weighted by atomic mass is 79.9. The molecule has 0 saturated heterocycles. The van der Waals surface area contributed by atoms with Crippen molar-refractivity contribution in [2.45, 2.75) is 19.8 Å². The quantitative estimate of drug-likeness (QED) is 0.697. The molecule has 0 aliphatic rings. The van der Waals surface area contributed by atoms with Crippen molar-refractivity contribution >= 4 is 27.5 Å². The summed E-state index contributed by atoms with van der Waals surface area (Å²) in [5.41, 5.74) is 0. The lowest BCUT2D eigenvalue weighted by atomic mass is 10.1. The van der Waals surface area contributed by atoms with E-state index in [0.29, 0.717) is 28.6 Å². The van der Waals surface area contributed by atoms with Crippen LogP contribution in [0.25, 0.3) is 0 Å². The first-order valence-corrected chi connectivity index (χ1v) is 6.60. The van der Waals surface area contributed by atoms with E-state index < -0.39 is 0 Å². The Balaban J connectivity index is 2.37. The van der Waals surface area contributed by atoms with E-state index in [9.17, 15) is 4.39 Å². The van der Waals surface area contributed by atoms with Crippen LogP contribution >= 0.6 is 27.5 Å². The molecule has 0 bridgehead atoms. The van der Waals surface area contributed by atoms with Crippen molar-refractivity contribution in [2.24, 2.45) is 5.92 Å². The van der Waals surface area contributed by atoms with E-state index in [4.69, 9.17) is 16.3 Å². The number of benzene rings is 1. The summed E-state index contributed by atoms with van der Waals surface area (Å²) in [7, 11) is 0. The molecule has 1 atom stereocenters. The minimum atomic E-state index is -0.269. The summed E-state index contributed by atoms with van der Waals surface area (Å²) in [6.45, 7) is 2.77. The van der Waals surface area contributed by atoms with Gasteiger partial charge in [-0.25, -0.2) is 4.39 Å². The molecular formula is C12H15BrClFO. The fraction of sp³-hybridized carbons (Fsp3) is 0.500. The zero-order valence-corrected chi connectivity index (χ0v) is 11.5. The molecule has 1 nitrogen and oxygen atoms in total. The zero-order chi connectivity index (χ0) is 12.0. The first-order chi connectivity index (χ1) is 7.63. The van der Waals surface area contributed by atoms with Crippen molar-refractivity contribution < 1.29 is 9.13 Å². The fourth-order valence-electron chi connectivity index (χ4n) is 1.29. The van der Waals surface area contributed by atoms with E-state index in [1.165, 1.54) is 12.1 Å². The second-order valence-corrected chi connectivity index (χ2v) is 5.03. The Morgan fingerprint density at radius 2 is 2.19 bits per heavy atom. The standard InChI is InChI=1S/C12H15BrClFO/c1-9(4-6-14)5-7-16-12-3-2-10(15)8-11(12)13/h2-3,8-9H,4-7H2,1H3. The molecular weight excluding hydrogens is 294 g/mol. The molecule has 0 saturated carbocycles. The van der Waals surface area contributed by atoms with Crippen LogP contribution < -0.4 is 4.74 Å². The van der Waals surface area contributed by atoms with E-state index in [-0.39, 0.29) is 5.82 Å². The molecule has 1 unspecified atom stereocenters. The van der Waals surface area contributed by atoms with Gasteiger partial charge in [-0.3, -0.25) is 0 Å². The Morgan fingerprint density at radius 3 is 2.81 bits per heavy atom. The predicted molar refractivity (Wildman–Crippen MR) is 68.7 cm³/mol. The molecule has 90 valence electrons. The molecule has 0 aliphatic heterocycles. The third kappa shape index (κ3) is 4.71. The molecule has 16 heavy (non-hydrogen) atoms. The summed E-state index contributed by atoms with van der Waals surface area (Å²) in [6.07, 6.45) is 1.95. The van der Waals surface area contributed by atoms with Crippen LogP contribution in [0.2, 0.25) is 0 Å². The smallest absolute Gasteiger partial charge is 0.133 e. The van der Waals surface area contributed by atoms with Crippen LogP contribution in [0.15, 0.2) is 22.7 Å². The van der Waals surface area contributed by atoms with E-state index in [0.717, 1.165) is 12.8 Å². The molecule has 0 heterocycles. The SMILES string of the molecule is CC(CCCl)CCOc1ccc(F)cc1Br. The summed E-state index contributed by atoms with van der Waals surface area (Å²) in [5, 5.41) is 0. The molecule has 0 aromatic heterocycles. The third-order valence-electron chi connectivity index (χ3n) is 2.36. The van der Waals surface area contributed by atoms with E-state index in [1.54, 1.807) is 6.07 Å². The lowest BCUT2D eigenvalue weighted by molar-refractivity contribution is 0.280. The van der Waals surface area contributed by atoms with Gasteiger partial charge in [0.15, 0.2) is 0 Å². The van der Waals surface area contributed by atoms with Gasteiger partial charge in [0, 0.05) is 5.88 Å². The van der Waals surface area contributed by atoms with Gasteiger partial charge in [0.1, 0.15) is 11.6 Å². The molecule has 0 fully saturated rings. The first kappa shape index (κ1) is 13.8. The summed E-state index contributed by atoms with van der Waals surface area (Å²) >= 11 is 8.90. The maximum Gasteiger partial charge on any atom is 0.133 e. The number of alkyl halides is 1. The van der Waals surface area contributed by atoms with Crippen molar-refractivity contribution in [1.29, 1.82) is 0 Å². The summed E-state index contributed by atoms with van der Waals surface area (Å²) in [5.74, 6) is 1.65. The van der Waals surface area contributed by atoms with Gasteiger partial charge in [-0.05, 0) is 52.9 Å². The number of halogens is 3. The Kier molecular flexibility index (Phi) is 6.14. The van der Waals surface area contributed by atoms with Crippen LogP contribution in [-0.4, -0.2) is 12.5 Å². The van der Waals surface area contributed by atoms with Gasteiger partial charge < -0.3 is 4.74 Å². The largest absolute Gasteiger partial charge is 0.492 e. The Morgan fingerprint density at radius 1 is 1.44 bits per heavy atom. The topological polar surface area (TPSA) is 9.23 Å². The Hall–Kier alpha value is -0.280. The van der Waals surface area contributed by atoms with Gasteiger partial charge in [0.2, 0.25) is 0 Å². The van der Waals surface area contributed by atoms with Crippen molar-refractivity contribution in [2.75, 3.05) is 12.5 Å². The van der Waals surface area contributed by atoms with E-state index >= 15 is 0 Å². The average molecular weight is 310 g/mol. The van der Waals surface area contributed by atoms with Gasteiger partial charge in [-0.1, -0.05) is 6.92 Å². The minimum Gasteiger partial charge on any atom is -0.492 e. The lowest BCUT2D eigenvalue weighted by Gasteiger charge is -2.11. The Labute approximate surface area is 109 Å². The molecule has 1 aromatic rings. The summed E-state index contributed by atoms with van der Waals surface area (Å²) < 4.78 is 19.0. The maximum absolute atomic E-state index is 12.8.